The predicted molar refractivity (Wildman–Crippen MR) is 93.2 cm³/mol. The van der Waals surface area contributed by atoms with Crippen LogP contribution in [-0.4, -0.2) is 15.9 Å². The molecule has 24 heavy (non-hydrogen) atoms. The summed E-state index contributed by atoms with van der Waals surface area (Å²) in [5, 5.41) is 4.29. The Bertz CT molecular complexity index is 1030. The molecule has 0 aliphatic rings. The van der Waals surface area contributed by atoms with Gasteiger partial charge in [0, 0.05) is 16.0 Å². The van der Waals surface area contributed by atoms with Gasteiger partial charge in [-0.15, -0.1) is 0 Å². The Morgan fingerprint density at radius 2 is 2.12 bits per heavy atom. The van der Waals surface area contributed by atoms with E-state index in [-0.39, 0.29) is 5.91 Å². The summed E-state index contributed by atoms with van der Waals surface area (Å²) in [6, 6.07) is 13.0. The van der Waals surface area contributed by atoms with Crippen molar-refractivity contribution in [3.63, 3.8) is 0 Å². The van der Waals surface area contributed by atoms with Gasteiger partial charge in [0.2, 0.25) is 0 Å². The van der Waals surface area contributed by atoms with Crippen molar-refractivity contribution in [1.29, 1.82) is 0 Å². The quantitative estimate of drug-likeness (QED) is 0.587. The SMILES string of the molecule is Cc1c(C(=O)NCc2nc3ccccc3[nH]2)oc2ccc(Cl)cc12. The van der Waals surface area contributed by atoms with Crippen molar-refractivity contribution < 1.29 is 9.21 Å². The first-order valence-electron chi connectivity index (χ1n) is 7.52. The smallest absolute Gasteiger partial charge is 0.287 e. The standard InChI is InChI=1S/C18H14ClN3O2/c1-10-12-8-11(19)6-7-15(12)24-17(10)18(23)20-9-16-21-13-4-2-3-5-14(13)22-16/h2-8H,9H2,1H3,(H,20,23)(H,21,22). The first-order valence-corrected chi connectivity index (χ1v) is 7.90. The van der Waals surface area contributed by atoms with E-state index in [9.17, 15) is 4.79 Å². The monoisotopic (exact) mass is 339 g/mol. The number of carbonyl (C=O) groups excluding carboxylic acids is 1. The van der Waals surface area contributed by atoms with Gasteiger partial charge in [-0.2, -0.15) is 0 Å². The molecule has 0 bridgehead atoms. The minimum Gasteiger partial charge on any atom is -0.451 e. The number of nitrogens with one attached hydrogen (secondary N) is 2. The molecular formula is C18H14ClN3O2. The second-order valence-corrected chi connectivity index (χ2v) is 6.02. The van der Waals surface area contributed by atoms with Crippen molar-refractivity contribution in [3.05, 3.63) is 64.6 Å². The minimum atomic E-state index is -0.278. The highest BCUT2D eigenvalue weighted by molar-refractivity contribution is 6.31. The van der Waals surface area contributed by atoms with Gasteiger partial charge in [-0.3, -0.25) is 4.79 Å². The maximum atomic E-state index is 12.4. The molecule has 0 radical (unpaired) electrons. The zero-order valence-electron chi connectivity index (χ0n) is 12.9. The molecule has 4 aromatic rings. The Morgan fingerprint density at radius 1 is 1.29 bits per heavy atom. The summed E-state index contributed by atoms with van der Waals surface area (Å²) < 4.78 is 5.66. The van der Waals surface area contributed by atoms with Gasteiger partial charge < -0.3 is 14.7 Å². The van der Waals surface area contributed by atoms with E-state index < -0.39 is 0 Å². The van der Waals surface area contributed by atoms with Crippen LogP contribution in [0.25, 0.3) is 22.0 Å². The fourth-order valence-corrected chi connectivity index (χ4v) is 2.92. The normalized spacial score (nSPS) is 11.2. The predicted octanol–water partition coefficient (Wildman–Crippen LogP) is 4.20. The first kappa shape index (κ1) is 14.8. The summed E-state index contributed by atoms with van der Waals surface area (Å²) in [5.41, 5.74) is 3.23. The number of benzene rings is 2. The Morgan fingerprint density at radius 3 is 2.96 bits per heavy atom. The number of hydrogen-bond donors (Lipinski definition) is 2. The van der Waals surface area contributed by atoms with Crippen LogP contribution in [0.4, 0.5) is 0 Å². The lowest BCUT2D eigenvalue weighted by Crippen LogP contribution is -2.23. The van der Waals surface area contributed by atoms with Gasteiger partial charge in [-0.05, 0) is 37.3 Å². The third kappa shape index (κ3) is 2.53. The maximum absolute atomic E-state index is 12.4. The Hall–Kier alpha value is -2.79. The average molecular weight is 340 g/mol. The topological polar surface area (TPSA) is 70.9 Å². The number of halogens is 1. The molecule has 0 atom stereocenters. The van der Waals surface area contributed by atoms with Crippen molar-refractivity contribution in [2.75, 3.05) is 0 Å². The van der Waals surface area contributed by atoms with Crippen LogP contribution >= 0.6 is 11.6 Å². The molecule has 2 aromatic heterocycles. The molecule has 4 rings (SSSR count). The average Bonchev–Trinajstić information content (AvgIpc) is 3.14. The van der Waals surface area contributed by atoms with Gasteiger partial charge >= 0.3 is 0 Å². The molecule has 1 amide bonds. The number of aryl methyl sites for hydroxylation is 1. The van der Waals surface area contributed by atoms with E-state index in [0.29, 0.717) is 28.7 Å². The maximum Gasteiger partial charge on any atom is 0.287 e. The zero-order valence-corrected chi connectivity index (χ0v) is 13.6. The number of hydrogen-bond acceptors (Lipinski definition) is 3. The van der Waals surface area contributed by atoms with Crippen LogP contribution in [0.3, 0.4) is 0 Å². The van der Waals surface area contributed by atoms with Gasteiger partial charge in [0.05, 0.1) is 17.6 Å². The van der Waals surface area contributed by atoms with Gasteiger partial charge in [-0.25, -0.2) is 4.98 Å². The second-order valence-electron chi connectivity index (χ2n) is 5.58. The molecular weight excluding hydrogens is 326 g/mol. The summed E-state index contributed by atoms with van der Waals surface area (Å²) >= 11 is 6.00. The van der Waals surface area contributed by atoms with E-state index >= 15 is 0 Å². The summed E-state index contributed by atoms with van der Waals surface area (Å²) in [7, 11) is 0. The second kappa shape index (κ2) is 5.69. The molecule has 2 aromatic carbocycles. The highest BCUT2D eigenvalue weighted by atomic mass is 35.5. The van der Waals surface area contributed by atoms with E-state index in [1.54, 1.807) is 18.2 Å². The van der Waals surface area contributed by atoms with Crippen LogP contribution in [0.1, 0.15) is 21.9 Å². The van der Waals surface area contributed by atoms with Crippen LogP contribution < -0.4 is 5.32 Å². The molecule has 0 fully saturated rings. The lowest BCUT2D eigenvalue weighted by molar-refractivity contribution is 0.0923. The first-order chi connectivity index (χ1) is 11.6. The lowest BCUT2D eigenvalue weighted by Gasteiger charge is -2.01. The molecule has 0 aliphatic carbocycles. The number of aromatic amines is 1. The fourth-order valence-electron chi connectivity index (χ4n) is 2.74. The van der Waals surface area contributed by atoms with Gasteiger partial charge in [0.1, 0.15) is 11.4 Å². The van der Waals surface area contributed by atoms with E-state index in [4.69, 9.17) is 16.0 Å². The summed E-state index contributed by atoms with van der Waals surface area (Å²) in [4.78, 5) is 20.0. The van der Waals surface area contributed by atoms with Crippen LogP contribution in [0.15, 0.2) is 46.9 Å². The number of carbonyl (C=O) groups is 1. The summed E-state index contributed by atoms with van der Waals surface area (Å²) in [6.07, 6.45) is 0. The molecule has 0 saturated heterocycles. The fraction of sp³-hybridized carbons (Fsp3) is 0.111. The Kier molecular flexibility index (Phi) is 3.50. The summed E-state index contributed by atoms with van der Waals surface area (Å²) in [5.74, 6) is 0.713. The molecule has 6 heteroatoms. The highest BCUT2D eigenvalue weighted by Crippen LogP contribution is 2.27. The van der Waals surface area contributed by atoms with Gasteiger partial charge in [0.15, 0.2) is 5.76 Å². The van der Waals surface area contributed by atoms with Gasteiger partial charge in [-0.1, -0.05) is 23.7 Å². The van der Waals surface area contributed by atoms with Crippen LogP contribution in [0.2, 0.25) is 5.02 Å². The molecule has 2 N–H and O–H groups in total. The van der Waals surface area contributed by atoms with Crippen molar-refractivity contribution >= 4 is 39.5 Å². The molecule has 5 nitrogen and oxygen atoms in total. The molecule has 0 unspecified atom stereocenters. The Labute approximate surface area is 142 Å². The van der Waals surface area contributed by atoms with Crippen molar-refractivity contribution in [1.82, 2.24) is 15.3 Å². The largest absolute Gasteiger partial charge is 0.451 e. The number of furan rings is 1. The van der Waals surface area contributed by atoms with Crippen molar-refractivity contribution in [3.8, 4) is 0 Å². The van der Waals surface area contributed by atoms with E-state index in [2.05, 4.69) is 15.3 Å². The number of para-hydroxylation sites is 2. The number of H-pyrrole nitrogens is 1. The molecule has 0 aliphatic heterocycles. The van der Waals surface area contributed by atoms with Crippen molar-refractivity contribution in [2.24, 2.45) is 0 Å². The van der Waals surface area contributed by atoms with Gasteiger partial charge in [0.25, 0.3) is 5.91 Å². The number of fused-ring (bicyclic) bond motifs is 2. The van der Waals surface area contributed by atoms with E-state index in [1.165, 1.54) is 0 Å². The highest BCUT2D eigenvalue weighted by Gasteiger charge is 2.18. The zero-order chi connectivity index (χ0) is 16.7. The minimum absolute atomic E-state index is 0.278. The van der Waals surface area contributed by atoms with Crippen molar-refractivity contribution in [2.45, 2.75) is 13.5 Å². The molecule has 0 saturated carbocycles. The number of imidazole rings is 1. The third-order valence-corrected chi connectivity index (χ3v) is 4.19. The third-order valence-electron chi connectivity index (χ3n) is 3.96. The Balaban J connectivity index is 1.56. The number of aromatic nitrogens is 2. The van der Waals surface area contributed by atoms with E-state index in [1.807, 2.05) is 31.2 Å². The van der Waals surface area contributed by atoms with Crippen LogP contribution in [0, 0.1) is 6.92 Å². The number of nitrogens with zero attached hydrogens (tertiary/aromatic N) is 1. The molecule has 2 heterocycles. The lowest BCUT2D eigenvalue weighted by atomic mass is 10.1. The van der Waals surface area contributed by atoms with Crippen LogP contribution in [0.5, 0.6) is 0 Å². The summed E-state index contributed by atoms with van der Waals surface area (Å²) in [6.45, 7) is 2.14. The molecule has 0 spiro atoms. The van der Waals surface area contributed by atoms with Crippen LogP contribution in [-0.2, 0) is 6.54 Å². The number of amides is 1. The molecule has 120 valence electrons. The number of rotatable bonds is 3. The van der Waals surface area contributed by atoms with E-state index in [0.717, 1.165) is 22.0 Å².